The third kappa shape index (κ3) is 1.30. The quantitative estimate of drug-likeness (QED) is 0.489. The smallest absolute Gasteiger partial charge is 0.167 e. The van der Waals surface area contributed by atoms with Crippen LogP contribution in [-0.4, -0.2) is 4.93 Å². The molecule has 1 aliphatic rings. The van der Waals surface area contributed by atoms with Crippen molar-refractivity contribution in [3.63, 3.8) is 0 Å². The zero-order valence-corrected chi connectivity index (χ0v) is 5.56. The maximum absolute atomic E-state index is 5.06. The highest BCUT2D eigenvalue weighted by Crippen LogP contribution is 2.19. The average molecular weight is 128 g/mol. The van der Waals surface area contributed by atoms with Crippen molar-refractivity contribution in [2.45, 2.75) is 11.9 Å². The molecule has 0 N–H and O–H groups in total. The first kappa shape index (κ1) is 5.76. The number of hydrogen-bond acceptors (Lipinski definition) is 2. The molecule has 0 saturated heterocycles. The van der Waals surface area contributed by atoms with Gasteiger partial charge < -0.3 is 4.74 Å². The van der Waals surface area contributed by atoms with Crippen LogP contribution < -0.4 is 0 Å². The highest BCUT2D eigenvalue weighted by Gasteiger charge is 2.14. The topological polar surface area (TPSA) is 9.23 Å². The molecule has 0 radical (unpaired) electrons. The summed E-state index contributed by atoms with van der Waals surface area (Å²) in [6, 6.07) is 0. The van der Waals surface area contributed by atoms with E-state index in [9.17, 15) is 0 Å². The SMILES string of the molecule is CC1(S)C=CC=CO1. The fourth-order valence-corrected chi connectivity index (χ4v) is 0.643. The van der Waals surface area contributed by atoms with E-state index in [2.05, 4.69) is 12.6 Å². The van der Waals surface area contributed by atoms with Crippen molar-refractivity contribution in [2.24, 2.45) is 0 Å². The largest absolute Gasteiger partial charge is 0.481 e. The van der Waals surface area contributed by atoms with Crippen molar-refractivity contribution in [2.75, 3.05) is 0 Å². The summed E-state index contributed by atoms with van der Waals surface area (Å²) in [7, 11) is 0. The van der Waals surface area contributed by atoms with Crippen molar-refractivity contribution < 1.29 is 4.74 Å². The van der Waals surface area contributed by atoms with Gasteiger partial charge in [0.25, 0.3) is 0 Å². The van der Waals surface area contributed by atoms with Crippen LogP contribution in [0.1, 0.15) is 6.92 Å². The molecule has 0 spiro atoms. The molecule has 0 bridgehead atoms. The first-order valence-corrected chi connectivity index (χ1v) is 2.90. The number of rotatable bonds is 0. The first-order chi connectivity index (χ1) is 3.71. The Hall–Kier alpha value is -0.370. The minimum atomic E-state index is -0.394. The molecule has 0 fully saturated rings. The van der Waals surface area contributed by atoms with E-state index in [-0.39, 0.29) is 0 Å². The van der Waals surface area contributed by atoms with E-state index in [0.717, 1.165) is 0 Å². The van der Waals surface area contributed by atoms with Crippen LogP contribution >= 0.6 is 12.6 Å². The number of ether oxygens (including phenoxy) is 1. The molecule has 8 heavy (non-hydrogen) atoms. The van der Waals surface area contributed by atoms with Crippen molar-refractivity contribution in [1.29, 1.82) is 0 Å². The zero-order valence-electron chi connectivity index (χ0n) is 4.66. The Morgan fingerprint density at radius 1 is 1.50 bits per heavy atom. The maximum atomic E-state index is 5.06. The Bertz CT molecular complexity index is 135. The lowest BCUT2D eigenvalue weighted by molar-refractivity contribution is 0.171. The van der Waals surface area contributed by atoms with Crippen LogP contribution in [0.3, 0.4) is 0 Å². The molecule has 0 aromatic carbocycles. The number of thiol groups is 1. The van der Waals surface area contributed by atoms with Crippen molar-refractivity contribution in [1.82, 2.24) is 0 Å². The summed E-state index contributed by atoms with van der Waals surface area (Å²) in [4.78, 5) is -0.394. The Balaban J connectivity index is 2.65. The third-order valence-electron chi connectivity index (χ3n) is 0.902. The summed E-state index contributed by atoms with van der Waals surface area (Å²) in [5.41, 5.74) is 0. The lowest BCUT2D eigenvalue weighted by atomic mass is 10.3. The van der Waals surface area contributed by atoms with Crippen LogP contribution in [-0.2, 0) is 4.74 Å². The van der Waals surface area contributed by atoms with Gasteiger partial charge in [0.05, 0.1) is 6.26 Å². The molecule has 2 heteroatoms. The van der Waals surface area contributed by atoms with Gasteiger partial charge >= 0.3 is 0 Å². The van der Waals surface area contributed by atoms with Crippen molar-refractivity contribution >= 4 is 12.6 Å². The second-order valence-electron chi connectivity index (χ2n) is 1.86. The molecule has 0 aliphatic carbocycles. The monoisotopic (exact) mass is 128 g/mol. The van der Waals surface area contributed by atoms with Gasteiger partial charge in [0.15, 0.2) is 4.93 Å². The van der Waals surface area contributed by atoms with E-state index in [4.69, 9.17) is 4.74 Å². The fraction of sp³-hybridized carbons (Fsp3) is 0.333. The van der Waals surface area contributed by atoms with Gasteiger partial charge in [-0.1, -0.05) is 6.08 Å². The van der Waals surface area contributed by atoms with Crippen LogP contribution in [0.4, 0.5) is 0 Å². The predicted molar refractivity (Wildman–Crippen MR) is 36.8 cm³/mol. The van der Waals surface area contributed by atoms with Gasteiger partial charge in [0.1, 0.15) is 0 Å². The summed E-state index contributed by atoms with van der Waals surface area (Å²) >= 11 is 4.16. The number of allylic oxidation sites excluding steroid dienone is 2. The van der Waals surface area contributed by atoms with Crippen molar-refractivity contribution in [3.05, 3.63) is 24.5 Å². The lowest BCUT2D eigenvalue weighted by Gasteiger charge is -2.20. The van der Waals surface area contributed by atoms with E-state index in [0.29, 0.717) is 0 Å². The molecule has 0 saturated carbocycles. The Morgan fingerprint density at radius 3 is 2.50 bits per heavy atom. The minimum Gasteiger partial charge on any atom is -0.481 e. The summed E-state index contributed by atoms with van der Waals surface area (Å²) in [6.45, 7) is 1.89. The van der Waals surface area contributed by atoms with Gasteiger partial charge in [-0.3, -0.25) is 0 Å². The third-order valence-corrected chi connectivity index (χ3v) is 1.16. The molecule has 44 valence electrons. The highest BCUT2D eigenvalue weighted by molar-refractivity contribution is 7.81. The fourth-order valence-electron chi connectivity index (χ4n) is 0.496. The van der Waals surface area contributed by atoms with Gasteiger partial charge in [-0.05, 0) is 19.1 Å². The van der Waals surface area contributed by atoms with Gasteiger partial charge in [-0.25, -0.2) is 0 Å². The van der Waals surface area contributed by atoms with Gasteiger partial charge in [0, 0.05) is 0 Å². The molecule has 0 aromatic rings. The van der Waals surface area contributed by atoms with E-state index in [1.807, 2.05) is 25.2 Å². The normalized spacial score (nSPS) is 34.8. The molecule has 1 heterocycles. The zero-order chi connectivity index (χ0) is 6.04. The highest BCUT2D eigenvalue weighted by atomic mass is 32.1. The Labute approximate surface area is 54.4 Å². The van der Waals surface area contributed by atoms with Gasteiger partial charge in [-0.2, -0.15) is 0 Å². The molecule has 1 atom stereocenters. The second kappa shape index (κ2) is 1.86. The molecule has 1 aliphatic heterocycles. The summed E-state index contributed by atoms with van der Waals surface area (Å²) < 4.78 is 5.06. The van der Waals surface area contributed by atoms with E-state index >= 15 is 0 Å². The lowest BCUT2D eigenvalue weighted by Crippen LogP contribution is -2.15. The van der Waals surface area contributed by atoms with Crippen LogP contribution in [0, 0.1) is 0 Å². The second-order valence-corrected chi connectivity index (χ2v) is 2.75. The Morgan fingerprint density at radius 2 is 2.25 bits per heavy atom. The van der Waals surface area contributed by atoms with E-state index < -0.39 is 4.93 Å². The van der Waals surface area contributed by atoms with E-state index in [1.165, 1.54) is 0 Å². The van der Waals surface area contributed by atoms with Crippen LogP contribution in [0.15, 0.2) is 24.5 Å². The van der Waals surface area contributed by atoms with Gasteiger partial charge in [-0.15, -0.1) is 12.6 Å². The first-order valence-electron chi connectivity index (χ1n) is 2.45. The van der Waals surface area contributed by atoms with Crippen LogP contribution in [0.5, 0.6) is 0 Å². The standard InChI is InChI=1S/C6H8OS/c1-6(8)4-2-3-5-7-6/h2-5,8H,1H3. The molecule has 1 nitrogen and oxygen atoms in total. The summed E-state index contributed by atoms with van der Waals surface area (Å²) in [5, 5.41) is 0. The van der Waals surface area contributed by atoms with Crippen LogP contribution in [0.2, 0.25) is 0 Å². The molecule has 0 amide bonds. The Kier molecular flexibility index (Phi) is 1.34. The van der Waals surface area contributed by atoms with E-state index in [1.54, 1.807) is 6.26 Å². The summed E-state index contributed by atoms with van der Waals surface area (Å²) in [6.07, 6.45) is 7.26. The molecular weight excluding hydrogens is 120 g/mol. The maximum Gasteiger partial charge on any atom is 0.167 e. The van der Waals surface area contributed by atoms with Crippen molar-refractivity contribution in [3.8, 4) is 0 Å². The average Bonchev–Trinajstić information content (AvgIpc) is 1.65. The predicted octanol–water partition coefficient (Wildman–Crippen LogP) is 1.73. The molecule has 1 rings (SSSR count). The van der Waals surface area contributed by atoms with Gasteiger partial charge in [0.2, 0.25) is 0 Å². The molecule has 0 aromatic heterocycles. The molecule has 1 unspecified atom stereocenters. The molecular formula is C6H8OS. The minimum absolute atomic E-state index is 0.394. The number of hydrogen-bond donors (Lipinski definition) is 1. The van der Waals surface area contributed by atoms with Crippen LogP contribution in [0.25, 0.3) is 0 Å². The summed E-state index contributed by atoms with van der Waals surface area (Å²) in [5.74, 6) is 0.